The third-order valence-corrected chi connectivity index (χ3v) is 0. The molecule has 0 heterocycles. The Labute approximate surface area is 59.3 Å². The van der Waals surface area contributed by atoms with Gasteiger partial charge in [-0.25, -0.2) is 0 Å². The van der Waals surface area contributed by atoms with Crippen molar-refractivity contribution in [2.24, 2.45) is 0 Å². The van der Waals surface area contributed by atoms with Crippen LogP contribution < -0.4 is 0 Å². The summed E-state index contributed by atoms with van der Waals surface area (Å²) in [4.78, 5) is 0. The van der Waals surface area contributed by atoms with Crippen molar-refractivity contribution in [2.75, 3.05) is 0 Å². The summed E-state index contributed by atoms with van der Waals surface area (Å²) in [5.41, 5.74) is 0. The van der Waals surface area contributed by atoms with Gasteiger partial charge >= 0.3 is 58.8 Å². The minimum absolute atomic E-state index is 0. The first-order chi connectivity index (χ1) is 2.45. The van der Waals surface area contributed by atoms with Crippen LogP contribution in [0.1, 0.15) is 0 Å². The van der Waals surface area contributed by atoms with E-state index in [0.29, 0.717) is 0 Å². The number of hydrogen-bond acceptors (Lipinski definition) is 0. The van der Waals surface area contributed by atoms with Crippen molar-refractivity contribution in [3.05, 3.63) is 0 Å². The van der Waals surface area contributed by atoms with Gasteiger partial charge in [-0.05, 0) is 0 Å². The van der Waals surface area contributed by atoms with Crippen LogP contribution in [-0.2, 0) is 0 Å². The summed E-state index contributed by atoms with van der Waals surface area (Å²) in [5, 5.41) is 0. The average Bonchev–Trinajstić information content (AvgIpc) is 0.592. The van der Waals surface area contributed by atoms with E-state index in [1.54, 1.807) is 0 Å². The summed E-state index contributed by atoms with van der Waals surface area (Å²) in [6, 6.07) is 0. The zero-order chi connectivity index (χ0) is 6.41. The predicted molar refractivity (Wildman–Crippen MR) is 22.1 cm³/mol. The van der Waals surface area contributed by atoms with Crippen molar-refractivity contribution in [1.82, 2.24) is 0 Å². The Hall–Kier alpha value is 0.880. The second-order valence-electron chi connectivity index (χ2n) is 0.958. The number of halogens is 6. The molecule has 0 aliphatic carbocycles. The molecule has 0 spiro atoms. The van der Waals surface area contributed by atoms with Crippen molar-refractivity contribution >= 4 is 33.7 Å². The van der Waals surface area contributed by atoms with Gasteiger partial charge in [0.25, 0.3) is 0 Å². The van der Waals surface area contributed by atoms with Crippen molar-refractivity contribution in [2.45, 2.75) is 0 Å². The molecule has 0 aromatic heterocycles. The van der Waals surface area contributed by atoms with Crippen LogP contribution in [0.4, 0.5) is 25.2 Å². The van der Waals surface area contributed by atoms with Crippen LogP contribution in [0.25, 0.3) is 0 Å². The molecule has 8 heavy (non-hydrogen) atoms. The third kappa shape index (κ3) is 307. The normalized spacial score (nSPS) is 20.2. The zero-order valence-corrected chi connectivity index (χ0v) is 10.3. The zero-order valence-electron chi connectivity index (χ0n) is 3.72. The van der Waals surface area contributed by atoms with Gasteiger partial charge in [0.1, 0.15) is 0 Å². The predicted octanol–water partition coefficient (Wildman–Crippen LogP) is 2.47. The molecule has 0 aromatic rings. The Morgan fingerprint density at radius 3 is 0.625 bits per heavy atom. The Morgan fingerprint density at radius 2 is 0.625 bits per heavy atom. The van der Waals surface area contributed by atoms with Gasteiger partial charge in [0.15, 0.2) is 0 Å². The van der Waals surface area contributed by atoms with E-state index in [0.717, 1.165) is 0 Å². The standard InChI is InChI=1S/F6P.In.2H/c1-7(2,3,4,5)6;;;/q-1;+1;;. The third-order valence-electron chi connectivity index (χ3n) is 0. The molecule has 0 rings (SSSR count). The summed E-state index contributed by atoms with van der Waals surface area (Å²) >= 11 is 0. The van der Waals surface area contributed by atoms with E-state index in [4.69, 9.17) is 0 Å². The topological polar surface area (TPSA) is 0 Å². The second kappa shape index (κ2) is 1.48. The van der Waals surface area contributed by atoms with Crippen LogP contribution in [0.2, 0.25) is 0 Å². The van der Waals surface area contributed by atoms with Gasteiger partial charge in [-0.15, -0.1) is 0 Å². The summed E-state index contributed by atoms with van der Waals surface area (Å²) in [6.45, 7) is 0. The first-order valence-corrected chi connectivity index (χ1v) is 3.04. The first-order valence-electron chi connectivity index (χ1n) is 1.01. The van der Waals surface area contributed by atoms with Crippen LogP contribution in [-0.4, -0.2) is 25.8 Å². The van der Waals surface area contributed by atoms with Gasteiger partial charge in [-0.2, -0.15) is 0 Å². The quantitative estimate of drug-likeness (QED) is 0.464. The summed E-state index contributed by atoms with van der Waals surface area (Å²) in [5.74, 6) is 0. The van der Waals surface area contributed by atoms with Gasteiger partial charge in [0.2, 0.25) is 0 Å². The molecule has 52 valence electrons. The molecule has 0 N–H and O–H groups in total. The molecule has 0 aliphatic heterocycles. The second-order valence-corrected chi connectivity index (χ2v) is 2.87. The van der Waals surface area contributed by atoms with Crippen LogP contribution in [0.3, 0.4) is 0 Å². The number of rotatable bonds is 0. The Balaban J connectivity index is 0. The van der Waals surface area contributed by atoms with Gasteiger partial charge in [-0.3, -0.25) is 0 Å². The molecule has 0 nitrogen and oxygen atoms in total. The summed E-state index contributed by atoms with van der Waals surface area (Å²) in [7, 11) is -10.7. The maximum atomic E-state index is 9.87. The van der Waals surface area contributed by atoms with Crippen LogP contribution in [0.15, 0.2) is 0 Å². The Morgan fingerprint density at radius 1 is 0.625 bits per heavy atom. The minimum atomic E-state index is -10.7. The van der Waals surface area contributed by atoms with Crippen molar-refractivity contribution in [1.29, 1.82) is 0 Å². The SMILES string of the molecule is F[P-](F)(F)(F)(F)F.[InH2+]. The molecule has 0 amide bonds. The van der Waals surface area contributed by atoms with E-state index in [1.165, 1.54) is 0 Å². The van der Waals surface area contributed by atoms with E-state index in [-0.39, 0.29) is 25.8 Å². The fourth-order valence-electron chi connectivity index (χ4n) is 0. The average molecular weight is 262 g/mol. The van der Waals surface area contributed by atoms with Gasteiger partial charge in [0.05, 0.1) is 0 Å². The van der Waals surface area contributed by atoms with Crippen molar-refractivity contribution in [3.8, 4) is 0 Å². The van der Waals surface area contributed by atoms with E-state index in [1.807, 2.05) is 0 Å². The molecule has 0 aromatic carbocycles. The van der Waals surface area contributed by atoms with Gasteiger partial charge in [-0.1, -0.05) is 0 Å². The van der Waals surface area contributed by atoms with Crippen LogP contribution in [0.5, 0.6) is 0 Å². The van der Waals surface area contributed by atoms with E-state index < -0.39 is 7.81 Å². The molecule has 0 bridgehead atoms. The van der Waals surface area contributed by atoms with Gasteiger partial charge < -0.3 is 0 Å². The molecular formula is H2F6InP. The molecule has 0 unspecified atom stereocenters. The van der Waals surface area contributed by atoms with Gasteiger partial charge in [0, 0.05) is 0 Å². The Kier molecular flexibility index (Phi) is 2.15. The molecule has 0 saturated heterocycles. The fourth-order valence-corrected chi connectivity index (χ4v) is 0. The number of hydrogen-bond donors (Lipinski definition) is 0. The molecule has 0 atom stereocenters. The molecule has 0 saturated carbocycles. The summed E-state index contributed by atoms with van der Waals surface area (Å²) in [6.07, 6.45) is 0. The maximum absolute atomic E-state index is 10.7. The monoisotopic (exact) mass is 262 g/mol. The van der Waals surface area contributed by atoms with E-state index in [9.17, 15) is 25.2 Å². The first kappa shape index (κ1) is 11.6. The Bertz CT molecular complexity index is 67.1. The molecule has 8 heteroatoms. The van der Waals surface area contributed by atoms with E-state index in [2.05, 4.69) is 0 Å². The molecule has 0 radical (unpaired) electrons. The van der Waals surface area contributed by atoms with Crippen molar-refractivity contribution in [3.63, 3.8) is 0 Å². The molecule has 0 fully saturated rings. The molecule has 0 aliphatic rings. The van der Waals surface area contributed by atoms with E-state index >= 15 is 0 Å². The van der Waals surface area contributed by atoms with Crippen molar-refractivity contribution < 1.29 is 25.2 Å². The van der Waals surface area contributed by atoms with Crippen LogP contribution >= 0.6 is 7.81 Å². The summed E-state index contributed by atoms with van der Waals surface area (Å²) < 4.78 is 59.2. The van der Waals surface area contributed by atoms with Crippen LogP contribution in [0, 0.1) is 0 Å². The molecular weight excluding hydrogens is 260 g/mol. The fraction of sp³-hybridized carbons (Fsp3) is 0.